The van der Waals surface area contributed by atoms with Gasteiger partial charge < -0.3 is 9.72 Å². The molecule has 1 N–H and O–H groups in total. The molecule has 0 aliphatic heterocycles. The van der Waals surface area contributed by atoms with Crippen molar-refractivity contribution >= 4 is 11.6 Å². The fourth-order valence-electron chi connectivity index (χ4n) is 1.84. The van der Waals surface area contributed by atoms with E-state index in [4.69, 9.17) is 0 Å². The van der Waals surface area contributed by atoms with Gasteiger partial charge in [-0.2, -0.15) is 0 Å². The quantitative estimate of drug-likeness (QED) is 0.777. The van der Waals surface area contributed by atoms with Gasteiger partial charge in [0, 0.05) is 18.6 Å². The van der Waals surface area contributed by atoms with Crippen molar-refractivity contribution in [3.63, 3.8) is 0 Å². The molecule has 0 fully saturated rings. The average molecular weight is 267 g/mol. The van der Waals surface area contributed by atoms with Gasteiger partial charge in [-0.25, -0.2) is 9.97 Å². The van der Waals surface area contributed by atoms with E-state index in [1.807, 2.05) is 41.9 Å². The molecule has 0 radical (unpaired) electrons. The number of aromatic nitrogens is 4. The van der Waals surface area contributed by atoms with E-state index in [2.05, 4.69) is 20.3 Å². The predicted molar refractivity (Wildman–Crippen MR) is 73.1 cm³/mol. The number of hydrogen-bond acceptors (Lipinski definition) is 4. The second kappa shape index (κ2) is 5.08. The van der Waals surface area contributed by atoms with E-state index in [1.165, 1.54) is 6.20 Å². The van der Waals surface area contributed by atoms with Gasteiger partial charge in [-0.1, -0.05) is 6.07 Å². The molecule has 3 aromatic heterocycles. The number of rotatable bonds is 3. The molecular weight excluding hydrogens is 254 g/mol. The highest BCUT2D eigenvalue weighted by Gasteiger charge is 2.08. The lowest BCUT2D eigenvalue weighted by atomic mass is 10.4. The SMILES string of the molecule is Cc1cnc(C(=O)NCc2cn3ccccc3n2)cn1. The van der Waals surface area contributed by atoms with E-state index >= 15 is 0 Å². The van der Waals surface area contributed by atoms with Crippen LogP contribution in [0.3, 0.4) is 0 Å². The zero-order valence-corrected chi connectivity index (χ0v) is 10.9. The Bertz CT molecular complexity index is 715. The predicted octanol–water partition coefficient (Wildman–Crippen LogP) is 1.36. The van der Waals surface area contributed by atoms with Crippen molar-refractivity contribution in [3.8, 4) is 0 Å². The van der Waals surface area contributed by atoms with Crippen molar-refractivity contribution < 1.29 is 4.79 Å². The number of aryl methyl sites for hydroxylation is 1. The molecule has 6 nitrogen and oxygen atoms in total. The fourth-order valence-corrected chi connectivity index (χ4v) is 1.84. The molecule has 0 spiro atoms. The van der Waals surface area contributed by atoms with E-state index < -0.39 is 0 Å². The molecule has 0 unspecified atom stereocenters. The van der Waals surface area contributed by atoms with Gasteiger partial charge in [0.05, 0.1) is 24.1 Å². The van der Waals surface area contributed by atoms with E-state index in [9.17, 15) is 4.79 Å². The van der Waals surface area contributed by atoms with Crippen LogP contribution in [-0.4, -0.2) is 25.3 Å². The summed E-state index contributed by atoms with van der Waals surface area (Å²) >= 11 is 0. The first kappa shape index (κ1) is 12.3. The minimum atomic E-state index is -0.255. The Balaban J connectivity index is 1.69. The molecule has 3 heterocycles. The van der Waals surface area contributed by atoms with Crippen molar-refractivity contribution in [2.45, 2.75) is 13.5 Å². The van der Waals surface area contributed by atoms with Crippen LogP contribution in [0.1, 0.15) is 21.9 Å². The lowest BCUT2D eigenvalue weighted by Crippen LogP contribution is -2.24. The highest BCUT2D eigenvalue weighted by atomic mass is 16.1. The molecule has 100 valence electrons. The molecular formula is C14H13N5O. The monoisotopic (exact) mass is 267 g/mol. The Hall–Kier alpha value is -2.76. The minimum Gasteiger partial charge on any atom is -0.345 e. The van der Waals surface area contributed by atoms with Crippen molar-refractivity contribution in [3.05, 3.63) is 60.1 Å². The molecule has 3 rings (SSSR count). The highest BCUT2D eigenvalue weighted by Crippen LogP contribution is 2.04. The number of hydrogen-bond donors (Lipinski definition) is 1. The Labute approximate surface area is 115 Å². The largest absolute Gasteiger partial charge is 0.345 e. The summed E-state index contributed by atoms with van der Waals surface area (Å²) in [6.07, 6.45) is 6.84. The lowest BCUT2D eigenvalue weighted by Gasteiger charge is -2.02. The van der Waals surface area contributed by atoms with Crippen molar-refractivity contribution in [2.24, 2.45) is 0 Å². The smallest absolute Gasteiger partial charge is 0.271 e. The summed E-state index contributed by atoms with van der Waals surface area (Å²) in [7, 11) is 0. The molecule has 0 saturated heterocycles. The van der Waals surface area contributed by atoms with Crippen LogP contribution in [0.4, 0.5) is 0 Å². The highest BCUT2D eigenvalue weighted by molar-refractivity contribution is 5.91. The minimum absolute atomic E-state index is 0.255. The normalized spacial score (nSPS) is 10.7. The van der Waals surface area contributed by atoms with Gasteiger partial charge >= 0.3 is 0 Å². The van der Waals surface area contributed by atoms with Crippen LogP contribution < -0.4 is 5.32 Å². The third kappa shape index (κ3) is 2.49. The van der Waals surface area contributed by atoms with Gasteiger partial charge in [-0.05, 0) is 19.1 Å². The van der Waals surface area contributed by atoms with E-state index in [-0.39, 0.29) is 5.91 Å². The standard InChI is InChI=1S/C14H13N5O/c1-10-6-16-12(8-15-10)14(20)17-7-11-9-19-5-3-2-4-13(19)18-11/h2-6,8-9H,7H2,1H3,(H,17,20). The Morgan fingerprint density at radius 2 is 2.20 bits per heavy atom. The molecule has 6 heteroatoms. The number of nitrogens with zero attached hydrogens (tertiary/aromatic N) is 4. The summed E-state index contributed by atoms with van der Waals surface area (Å²) in [5, 5.41) is 2.78. The van der Waals surface area contributed by atoms with Crippen LogP contribution in [-0.2, 0) is 6.54 Å². The van der Waals surface area contributed by atoms with Crippen LogP contribution in [0.5, 0.6) is 0 Å². The van der Waals surface area contributed by atoms with Crippen LogP contribution >= 0.6 is 0 Å². The van der Waals surface area contributed by atoms with E-state index in [0.717, 1.165) is 17.0 Å². The Morgan fingerprint density at radius 3 is 2.95 bits per heavy atom. The summed E-state index contributed by atoms with van der Waals surface area (Å²) in [5.41, 5.74) is 2.73. The molecule has 0 aliphatic rings. The van der Waals surface area contributed by atoms with Crippen LogP contribution in [0.15, 0.2) is 43.0 Å². The first-order valence-corrected chi connectivity index (χ1v) is 6.22. The molecule has 0 aliphatic carbocycles. The number of nitrogens with one attached hydrogen (secondary N) is 1. The van der Waals surface area contributed by atoms with Crippen LogP contribution in [0.2, 0.25) is 0 Å². The summed E-state index contributed by atoms with van der Waals surface area (Å²) in [6.45, 7) is 2.18. The zero-order valence-electron chi connectivity index (χ0n) is 10.9. The molecule has 1 amide bonds. The van der Waals surface area contributed by atoms with Crippen LogP contribution in [0, 0.1) is 6.92 Å². The number of carbonyl (C=O) groups is 1. The van der Waals surface area contributed by atoms with Crippen molar-refractivity contribution in [2.75, 3.05) is 0 Å². The van der Waals surface area contributed by atoms with Gasteiger partial charge in [0.15, 0.2) is 0 Å². The maximum absolute atomic E-state index is 11.9. The second-order valence-corrected chi connectivity index (χ2v) is 4.42. The molecule has 3 aromatic rings. The van der Waals surface area contributed by atoms with Gasteiger partial charge in [-0.15, -0.1) is 0 Å². The first-order chi connectivity index (χ1) is 9.72. The Morgan fingerprint density at radius 1 is 1.30 bits per heavy atom. The molecule has 0 saturated carbocycles. The van der Waals surface area contributed by atoms with Gasteiger partial charge in [0.2, 0.25) is 0 Å². The molecule has 0 aromatic carbocycles. The topological polar surface area (TPSA) is 72.2 Å². The van der Waals surface area contributed by atoms with Gasteiger partial charge in [-0.3, -0.25) is 9.78 Å². The van der Waals surface area contributed by atoms with Crippen LogP contribution in [0.25, 0.3) is 5.65 Å². The molecule has 0 bridgehead atoms. The number of imidazole rings is 1. The van der Waals surface area contributed by atoms with Gasteiger partial charge in [0.25, 0.3) is 5.91 Å². The average Bonchev–Trinajstić information content (AvgIpc) is 2.88. The number of fused-ring (bicyclic) bond motifs is 1. The lowest BCUT2D eigenvalue weighted by molar-refractivity contribution is 0.0945. The molecule has 0 atom stereocenters. The van der Waals surface area contributed by atoms with Gasteiger partial charge in [0.1, 0.15) is 11.3 Å². The summed E-state index contributed by atoms with van der Waals surface area (Å²) in [4.78, 5) is 24.4. The second-order valence-electron chi connectivity index (χ2n) is 4.42. The summed E-state index contributed by atoms with van der Waals surface area (Å²) in [6, 6.07) is 5.77. The number of amides is 1. The third-order valence-electron chi connectivity index (χ3n) is 2.86. The maximum Gasteiger partial charge on any atom is 0.271 e. The number of pyridine rings is 1. The Kier molecular flexibility index (Phi) is 3.12. The van der Waals surface area contributed by atoms with Crippen molar-refractivity contribution in [1.82, 2.24) is 24.7 Å². The third-order valence-corrected chi connectivity index (χ3v) is 2.86. The summed E-state index contributed by atoms with van der Waals surface area (Å²) < 4.78 is 1.91. The zero-order chi connectivity index (χ0) is 13.9. The number of carbonyl (C=O) groups excluding carboxylic acids is 1. The van der Waals surface area contributed by atoms with E-state index in [1.54, 1.807) is 6.20 Å². The maximum atomic E-state index is 11.9. The van der Waals surface area contributed by atoms with E-state index in [0.29, 0.717) is 12.2 Å². The fraction of sp³-hybridized carbons (Fsp3) is 0.143. The summed E-state index contributed by atoms with van der Waals surface area (Å²) in [5.74, 6) is -0.255. The van der Waals surface area contributed by atoms with Crippen molar-refractivity contribution in [1.29, 1.82) is 0 Å². The first-order valence-electron chi connectivity index (χ1n) is 6.22. The molecule has 20 heavy (non-hydrogen) atoms.